The number of benzene rings is 1. The summed E-state index contributed by atoms with van der Waals surface area (Å²) in [6, 6.07) is 7.94. The van der Waals surface area contributed by atoms with Crippen molar-refractivity contribution in [2.45, 2.75) is 51.4 Å². The molecule has 0 radical (unpaired) electrons. The molecule has 1 saturated heterocycles. The molecule has 0 saturated carbocycles. The molecule has 2 aromatic rings. The average Bonchev–Trinajstić information content (AvgIpc) is 3.25. The van der Waals surface area contributed by atoms with Gasteiger partial charge in [-0.1, -0.05) is 12.1 Å². The zero-order chi connectivity index (χ0) is 23.3. The fourth-order valence-electron chi connectivity index (χ4n) is 3.87. The molecule has 0 aliphatic carbocycles. The minimum absolute atomic E-state index is 0.105. The van der Waals surface area contributed by atoms with E-state index in [9.17, 15) is 22.8 Å². The third kappa shape index (κ3) is 5.77. The number of aromatic nitrogens is 1. The van der Waals surface area contributed by atoms with Gasteiger partial charge in [0.15, 0.2) is 0 Å². The van der Waals surface area contributed by atoms with Gasteiger partial charge in [-0.3, -0.25) is 14.6 Å². The average molecular weight is 449 g/mol. The van der Waals surface area contributed by atoms with Gasteiger partial charge in [0.2, 0.25) is 11.8 Å². The van der Waals surface area contributed by atoms with Gasteiger partial charge in [-0.2, -0.15) is 13.2 Å². The summed E-state index contributed by atoms with van der Waals surface area (Å²) < 4.78 is 46.0. The highest BCUT2D eigenvalue weighted by Crippen LogP contribution is 2.37. The second kappa shape index (κ2) is 10.0. The predicted octanol–water partition coefficient (Wildman–Crippen LogP) is 4.04. The van der Waals surface area contributed by atoms with Crippen LogP contribution in [0.25, 0.3) is 0 Å². The number of halogens is 3. The van der Waals surface area contributed by atoms with Gasteiger partial charge in [-0.15, -0.1) is 0 Å². The van der Waals surface area contributed by atoms with Gasteiger partial charge < -0.3 is 15.0 Å². The maximum Gasteiger partial charge on any atom is 0.416 e. The first-order chi connectivity index (χ1) is 15.2. The highest BCUT2D eigenvalue weighted by atomic mass is 19.4. The Kier molecular flexibility index (Phi) is 7.37. The van der Waals surface area contributed by atoms with Gasteiger partial charge in [-0.05, 0) is 43.0 Å². The van der Waals surface area contributed by atoms with E-state index in [2.05, 4.69) is 10.3 Å². The van der Waals surface area contributed by atoms with Crippen molar-refractivity contribution in [1.29, 1.82) is 0 Å². The quantitative estimate of drug-likeness (QED) is 0.693. The molecule has 1 N–H and O–H groups in total. The van der Waals surface area contributed by atoms with Gasteiger partial charge in [-0.25, -0.2) is 0 Å². The lowest BCUT2D eigenvalue weighted by molar-refractivity contribution is -0.138. The number of ether oxygens (including phenoxy) is 1. The number of rotatable bonds is 7. The summed E-state index contributed by atoms with van der Waals surface area (Å²) in [5, 5.41) is 2.38. The molecule has 1 aliphatic heterocycles. The van der Waals surface area contributed by atoms with Crippen molar-refractivity contribution in [2.24, 2.45) is 0 Å². The number of amides is 2. The van der Waals surface area contributed by atoms with Gasteiger partial charge in [0, 0.05) is 38.2 Å². The Morgan fingerprint density at radius 1 is 1.25 bits per heavy atom. The van der Waals surface area contributed by atoms with Gasteiger partial charge >= 0.3 is 6.18 Å². The van der Waals surface area contributed by atoms with Crippen LogP contribution in [0.3, 0.4) is 0 Å². The Morgan fingerprint density at radius 3 is 2.59 bits per heavy atom. The smallest absolute Gasteiger partial charge is 0.416 e. The van der Waals surface area contributed by atoms with Crippen LogP contribution in [0.5, 0.6) is 5.75 Å². The largest absolute Gasteiger partial charge is 0.497 e. The highest BCUT2D eigenvalue weighted by Gasteiger charge is 2.37. The zero-order valence-electron chi connectivity index (χ0n) is 18.0. The Bertz CT molecular complexity index is 961. The summed E-state index contributed by atoms with van der Waals surface area (Å²) in [6.45, 7) is 1.47. The maximum atomic E-state index is 13.6. The summed E-state index contributed by atoms with van der Waals surface area (Å²) in [5.74, 6) is 0.195. The Hall–Kier alpha value is -3.10. The van der Waals surface area contributed by atoms with Crippen LogP contribution in [-0.4, -0.2) is 35.4 Å². The first-order valence-electron chi connectivity index (χ1n) is 10.4. The lowest BCUT2D eigenvalue weighted by Crippen LogP contribution is -2.31. The number of aryl methyl sites for hydroxylation is 1. The molecule has 1 aliphatic rings. The summed E-state index contributed by atoms with van der Waals surface area (Å²) in [6.07, 6.45) is -1.39. The first kappa shape index (κ1) is 23.6. The monoisotopic (exact) mass is 449 g/mol. The molecule has 1 unspecified atom stereocenters. The van der Waals surface area contributed by atoms with Crippen molar-refractivity contribution in [3.63, 3.8) is 0 Å². The van der Waals surface area contributed by atoms with Crippen LogP contribution in [0.15, 0.2) is 36.5 Å². The van der Waals surface area contributed by atoms with Crippen molar-refractivity contribution in [1.82, 2.24) is 15.2 Å². The minimum atomic E-state index is -4.59. The van der Waals surface area contributed by atoms with Gasteiger partial charge in [0.05, 0.1) is 24.4 Å². The fourth-order valence-corrected chi connectivity index (χ4v) is 3.87. The molecule has 172 valence electrons. The topological polar surface area (TPSA) is 71.5 Å². The lowest BCUT2D eigenvalue weighted by atomic mass is 10.0. The van der Waals surface area contributed by atoms with Gasteiger partial charge in [0.1, 0.15) is 5.75 Å². The molecule has 2 heterocycles. The normalized spacial score (nSPS) is 16.2. The second-order valence-electron chi connectivity index (χ2n) is 7.77. The van der Waals surface area contributed by atoms with Crippen LogP contribution in [0.1, 0.15) is 54.6 Å². The van der Waals surface area contributed by atoms with Crippen molar-refractivity contribution in [3.8, 4) is 5.75 Å². The molecule has 1 atom stereocenters. The van der Waals surface area contributed by atoms with E-state index in [1.54, 1.807) is 12.0 Å². The lowest BCUT2D eigenvalue weighted by Gasteiger charge is -2.25. The number of hydrogen-bond acceptors (Lipinski definition) is 4. The number of pyridine rings is 1. The van der Waals surface area contributed by atoms with Crippen LogP contribution >= 0.6 is 0 Å². The zero-order valence-corrected chi connectivity index (χ0v) is 18.0. The van der Waals surface area contributed by atoms with E-state index in [0.29, 0.717) is 25.8 Å². The molecule has 1 aromatic carbocycles. The molecule has 2 amide bonds. The van der Waals surface area contributed by atoms with E-state index in [1.165, 1.54) is 6.92 Å². The molecule has 0 spiro atoms. The van der Waals surface area contributed by atoms with Crippen LogP contribution < -0.4 is 10.1 Å². The van der Waals surface area contributed by atoms with Crippen LogP contribution in [-0.2, 0) is 28.7 Å². The SMILES string of the molecule is COc1ccc(CCC(=O)N2CCCC2c2cc(C(F)(F)F)c(CNC(C)=O)cn2)cc1. The standard InChI is InChI=1S/C23H26F3N3O3/c1-15(30)27-13-17-14-28-20(12-19(17)23(24,25)26)21-4-3-11-29(21)22(31)10-7-16-5-8-18(32-2)9-6-16/h5-6,8-9,12,14,21H,3-4,7,10-11,13H2,1-2H3,(H,27,30). The van der Waals surface area contributed by atoms with Crippen molar-refractivity contribution >= 4 is 11.8 Å². The molecule has 1 fully saturated rings. The van der Waals surface area contributed by atoms with E-state index in [1.807, 2.05) is 24.3 Å². The maximum absolute atomic E-state index is 13.6. The van der Waals surface area contributed by atoms with E-state index in [4.69, 9.17) is 4.74 Å². The summed E-state index contributed by atoms with van der Waals surface area (Å²) >= 11 is 0. The Morgan fingerprint density at radius 2 is 1.97 bits per heavy atom. The van der Waals surface area contributed by atoms with Crippen molar-refractivity contribution in [2.75, 3.05) is 13.7 Å². The molecule has 32 heavy (non-hydrogen) atoms. The molecule has 1 aromatic heterocycles. The number of nitrogens with one attached hydrogen (secondary N) is 1. The second-order valence-corrected chi connectivity index (χ2v) is 7.77. The molecule has 9 heteroatoms. The Labute approximate surface area is 184 Å². The molecular formula is C23H26F3N3O3. The molecular weight excluding hydrogens is 423 g/mol. The number of carbonyl (C=O) groups excluding carboxylic acids is 2. The van der Waals surface area contributed by atoms with Crippen LogP contribution in [0.4, 0.5) is 13.2 Å². The third-order valence-corrected chi connectivity index (χ3v) is 5.54. The first-order valence-corrected chi connectivity index (χ1v) is 10.4. The summed E-state index contributed by atoms with van der Waals surface area (Å²) in [4.78, 5) is 29.8. The van der Waals surface area contributed by atoms with E-state index in [0.717, 1.165) is 23.6 Å². The van der Waals surface area contributed by atoms with Gasteiger partial charge in [0.25, 0.3) is 0 Å². The van der Waals surface area contributed by atoms with Crippen molar-refractivity contribution in [3.05, 3.63) is 58.9 Å². The highest BCUT2D eigenvalue weighted by molar-refractivity contribution is 5.77. The van der Waals surface area contributed by atoms with E-state index < -0.39 is 23.7 Å². The molecule has 6 nitrogen and oxygen atoms in total. The number of methoxy groups -OCH3 is 1. The van der Waals surface area contributed by atoms with Crippen molar-refractivity contribution < 1.29 is 27.5 Å². The molecule has 3 rings (SSSR count). The number of hydrogen-bond donors (Lipinski definition) is 1. The van der Waals surface area contributed by atoms with Crippen LogP contribution in [0.2, 0.25) is 0 Å². The van der Waals surface area contributed by atoms with E-state index >= 15 is 0 Å². The van der Waals surface area contributed by atoms with E-state index in [-0.39, 0.29) is 30.1 Å². The minimum Gasteiger partial charge on any atom is -0.497 e. The third-order valence-electron chi connectivity index (χ3n) is 5.54. The number of nitrogens with zero attached hydrogens (tertiary/aromatic N) is 2. The Balaban J connectivity index is 1.74. The fraction of sp³-hybridized carbons (Fsp3) is 0.435. The summed E-state index contributed by atoms with van der Waals surface area (Å²) in [7, 11) is 1.58. The summed E-state index contributed by atoms with van der Waals surface area (Å²) in [5.41, 5.74) is 0.259. The predicted molar refractivity (Wildman–Crippen MR) is 112 cm³/mol. The number of likely N-dealkylation sites (tertiary alicyclic amines) is 1. The number of carbonyl (C=O) groups is 2. The molecule has 0 bridgehead atoms. The number of alkyl halides is 3. The van der Waals surface area contributed by atoms with Crippen LogP contribution in [0, 0.1) is 0 Å².